The third-order valence-corrected chi connectivity index (χ3v) is 3.18. The molecule has 1 rings (SSSR count). The highest BCUT2D eigenvalue weighted by Gasteiger charge is 2.13. The van der Waals surface area contributed by atoms with Crippen molar-refractivity contribution in [3.8, 4) is 0 Å². The van der Waals surface area contributed by atoms with E-state index in [0.29, 0.717) is 0 Å². The summed E-state index contributed by atoms with van der Waals surface area (Å²) in [5, 5.41) is 1.99. The van der Waals surface area contributed by atoms with E-state index < -0.39 is 0 Å². The molecule has 1 aromatic heterocycles. The fraction of sp³-hybridized carbons (Fsp3) is 0.429. The molecule has 0 saturated carbocycles. The van der Waals surface area contributed by atoms with Crippen LogP contribution in [0, 0.1) is 0 Å². The Labute approximate surface area is 78.3 Å². The maximum Gasteiger partial charge on any atom is 0.193 e. The molecule has 0 aromatic carbocycles. The average Bonchev–Trinajstić information content (AvgIpc) is 2.40. The van der Waals surface area contributed by atoms with Crippen LogP contribution in [0.1, 0.15) is 11.2 Å². The van der Waals surface area contributed by atoms with E-state index in [0.717, 1.165) is 9.35 Å². The van der Waals surface area contributed by atoms with Gasteiger partial charge in [0.15, 0.2) is 6.29 Å². The summed E-state index contributed by atoms with van der Waals surface area (Å²) >= 11 is 5.01. The van der Waals surface area contributed by atoms with Crippen LogP contribution in [0.5, 0.6) is 0 Å². The van der Waals surface area contributed by atoms with E-state index in [4.69, 9.17) is 9.47 Å². The molecule has 0 aliphatic rings. The van der Waals surface area contributed by atoms with E-state index in [9.17, 15) is 0 Å². The minimum absolute atomic E-state index is 0.246. The SMILES string of the molecule is COC(OC)c1sccc1Br. The number of thiophene rings is 1. The van der Waals surface area contributed by atoms with Gasteiger partial charge < -0.3 is 9.47 Å². The van der Waals surface area contributed by atoms with Crippen molar-refractivity contribution in [1.82, 2.24) is 0 Å². The Morgan fingerprint density at radius 3 is 2.45 bits per heavy atom. The molecule has 0 bridgehead atoms. The number of methoxy groups -OCH3 is 2. The molecule has 1 heterocycles. The van der Waals surface area contributed by atoms with Crippen molar-refractivity contribution in [3.05, 3.63) is 20.8 Å². The lowest BCUT2D eigenvalue weighted by Gasteiger charge is -2.11. The second kappa shape index (κ2) is 4.21. The summed E-state index contributed by atoms with van der Waals surface area (Å²) in [6.07, 6.45) is -0.246. The van der Waals surface area contributed by atoms with Crippen molar-refractivity contribution in [2.75, 3.05) is 14.2 Å². The van der Waals surface area contributed by atoms with Gasteiger partial charge >= 0.3 is 0 Å². The van der Waals surface area contributed by atoms with E-state index in [1.807, 2.05) is 11.4 Å². The molecule has 0 spiro atoms. The quantitative estimate of drug-likeness (QED) is 0.752. The first kappa shape index (κ1) is 9.19. The van der Waals surface area contributed by atoms with Crippen molar-refractivity contribution < 1.29 is 9.47 Å². The number of ether oxygens (including phenoxy) is 2. The summed E-state index contributed by atoms with van der Waals surface area (Å²) in [4.78, 5) is 1.06. The minimum Gasteiger partial charge on any atom is -0.351 e. The summed E-state index contributed by atoms with van der Waals surface area (Å²) in [6, 6.07) is 1.98. The Balaban J connectivity index is 2.81. The molecule has 62 valence electrons. The molecular weight excluding hydrogens is 228 g/mol. The first-order valence-corrected chi connectivity index (χ1v) is 4.75. The van der Waals surface area contributed by atoms with Crippen molar-refractivity contribution in [2.24, 2.45) is 0 Å². The highest BCUT2D eigenvalue weighted by atomic mass is 79.9. The molecule has 0 radical (unpaired) electrons. The summed E-state index contributed by atoms with van der Waals surface area (Å²) in [5.41, 5.74) is 0. The van der Waals surface area contributed by atoms with Gasteiger partial charge in [-0.15, -0.1) is 11.3 Å². The van der Waals surface area contributed by atoms with Crippen LogP contribution in [0.2, 0.25) is 0 Å². The van der Waals surface area contributed by atoms with Crippen LogP contribution in [0.3, 0.4) is 0 Å². The monoisotopic (exact) mass is 236 g/mol. The molecule has 0 saturated heterocycles. The zero-order valence-corrected chi connectivity index (χ0v) is 8.74. The summed E-state index contributed by atoms with van der Waals surface area (Å²) in [5.74, 6) is 0. The van der Waals surface area contributed by atoms with Crippen molar-refractivity contribution in [1.29, 1.82) is 0 Å². The van der Waals surface area contributed by atoms with E-state index >= 15 is 0 Å². The van der Waals surface area contributed by atoms with Crippen molar-refractivity contribution in [2.45, 2.75) is 6.29 Å². The molecule has 0 fully saturated rings. The molecule has 11 heavy (non-hydrogen) atoms. The third kappa shape index (κ3) is 2.02. The molecule has 0 aliphatic heterocycles. The zero-order valence-electron chi connectivity index (χ0n) is 6.33. The fourth-order valence-corrected chi connectivity index (χ4v) is 2.39. The van der Waals surface area contributed by atoms with Gasteiger partial charge in [-0.05, 0) is 27.4 Å². The van der Waals surface area contributed by atoms with Gasteiger partial charge in [0.2, 0.25) is 0 Å². The van der Waals surface area contributed by atoms with Crippen LogP contribution in [0.4, 0.5) is 0 Å². The molecule has 0 atom stereocenters. The number of hydrogen-bond acceptors (Lipinski definition) is 3. The molecule has 2 nitrogen and oxygen atoms in total. The van der Waals surface area contributed by atoms with Gasteiger partial charge in [0.1, 0.15) is 0 Å². The van der Waals surface area contributed by atoms with Gasteiger partial charge in [0.05, 0.1) is 4.88 Å². The number of rotatable bonds is 3. The lowest BCUT2D eigenvalue weighted by atomic mass is 10.4. The molecule has 1 aromatic rings. The summed E-state index contributed by atoms with van der Waals surface area (Å²) < 4.78 is 11.2. The number of hydrogen-bond donors (Lipinski definition) is 0. The maximum absolute atomic E-state index is 5.08. The van der Waals surface area contributed by atoms with Gasteiger partial charge in [0, 0.05) is 18.7 Å². The van der Waals surface area contributed by atoms with E-state index in [1.165, 1.54) is 0 Å². The Morgan fingerprint density at radius 2 is 2.09 bits per heavy atom. The maximum atomic E-state index is 5.08. The second-order valence-electron chi connectivity index (χ2n) is 1.94. The minimum atomic E-state index is -0.246. The lowest BCUT2D eigenvalue weighted by molar-refractivity contribution is -0.104. The van der Waals surface area contributed by atoms with Gasteiger partial charge in [0.25, 0.3) is 0 Å². The molecule has 0 aliphatic carbocycles. The second-order valence-corrected chi connectivity index (χ2v) is 3.74. The van der Waals surface area contributed by atoms with E-state index in [-0.39, 0.29) is 6.29 Å². The van der Waals surface area contributed by atoms with Crippen LogP contribution < -0.4 is 0 Å². The Morgan fingerprint density at radius 1 is 1.45 bits per heavy atom. The summed E-state index contributed by atoms with van der Waals surface area (Å²) in [7, 11) is 3.25. The van der Waals surface area contributed by atoms with E-state index in [2.05, 4.69) is 15.9 Å². The van der Waals surface area contributed by atoms with E-state index in [1.54, 1.807) is 25.6 Å². The van der Waals surface area contributed by atoms with Gasteiger partial charge in [-0.3, -0.25) is 0 Å². The Kier molecular flexibility index (Phi) is 3.51. The third-order valence-electron chi connectivity index (χ3n) is 1.29. The standard InChI is InChI=1S/C7H9BrO2S/c1-9-7(10-2)6-5(8)3-4-11-6/h3-4,7H,1-2H3. The zero-order chi connectivity index (χ0) is 8.27. The predicted molar refractivity (Wildman–Crippen MR) is 48.8 cm³/mol. The molecule has 4 heteroatoms. The van der Waals surface area contributed by atoms with Gasteiger partial charge in [-0.25, -0.2) is 0 Å². The highest BCUT2D eigenvalue weighted by Crippen LogP contribution is 2.30. The van der Waals surface area contributed by atoms with Crippen molar-refractivity contribution in [3.63, 3.8) is 0 Å². The van der Waals surface area contributed by atoms with Crippen LogP contribution in [0.15, 0.2) is 15.9 Å². The molecule has 0 unspecified atom stereocenters. The Hall–Kier alpha value is 0.100. The largest absolute Gasteiger partial charge is 0.351 e. The smallest absolute Gasteiger partial charge is 0.193 e. The number of halogens is 1. The molecular formula is C7H9BrO2S. The van der Waals surface area contributed by atoms with Crippen LogP contribution >= 0.6 is 27.3 Å². The fourth-order valence-electron chi connectivity index (χ4n) is 0.784. The van der Waals surface area contributed by atoms with Gasteiger partial charge in [-0.1, -0.05) is 0 Å². The van der Waals surface area contributed by atoms with Crippen LogP contribution in [-0.2, 0) is 9.47 Å². The first-order chi connectivity index (χ1) is 5.29. The lowest BCUT2D eigenvalue weighted by Crippen LogP contribution is -2.01. The topological polar surface area (TPSA) is 18.5 Å². The Bertz CT molecular complexity index is 220. The average molecular weight is 237 g/mol. The van der Waals surface area contributed by atoms with Crippen LogP contribution in [-0.4, -0.2) is 14.2 Å². The normalized spacial score (nSPS) is 10.9. The molecule has 0 amide bonds. The highest BCUT2D eigenvalue weighted by molar-refractivity contribution is 9.10. The van der Waals surface area contributed by atoms with Gasteiger partial charge in [-0.2, -0.15) is 0 Å². The van der Waals surface area contributed by atoms with Crippen LogP contribution in [0.25, 0.3) is 0 Å². The first-order valence-electron chi connectivity index (χ1n) is 3.08. The summed E-state index contributed by atoms with van der Waals surface area (Å²) in [6.45, 7) is 0. The predicted octanol–water partition coefficient (Wildman–Crippen LogP) is 2.80. The van der Waals surface area contributed by atoms with Crippen molar-refractivity contribution >= 4 is 27.3 Å². The molecule has 0 N–H and O–H groups in total.